The van der Waals surface area contributed by atoms with E-state index in [-0.39, 0.29) is 0 Å². The predicted octanol–water partition coefficient (Wildman–Crippen LogP) is 1.18. The second-order valence-corrected chi connectivity index (χ2v) is 5.27. The third-order valence-electron chi connectivity index (χ3n) is 3.83. The maximum absolute atomic E-state index is 6.23. The normalized spacial score (nSPS) is 21.6. The van der Waals surface area contributed by atoms with Gasteiger partial charge in [0.05, 0.1) is 30.9 Å². The predicted molar refractivity (Wildman–Crippen MR) is 77.9 cm³/mol. The summed E-state index contributed by atoms with van der Waals surface area (Å²) in [6, 6.07) is 0. The van der Waals surface area contributed by atoms with Crippen LogP contribution < -0.4 is 5.73 Å². The molecular formula is C14H21N5O. The van der Waals surface area contributed by atoms with Gasteiger partial charge >= 0.3 is 0 Å². The van der Waals surface area contributed by atoms with Gasteiger partial charge in [0.1, 0.15) is 18.2 Å². The Morgan fingerprint density at radius 1 is 1.45 bits per heavy atom. The standard InChI is InChI=1S/C14H21N5O/c1-4-5-17-7-10(2)12(15)13-14(17)19-9-18(20-3)8-11(19)6-16-13/h6,8H,4-5,7,9,15H2,1-3H3. The molecule has 0 aliphatic carbocycles. The van der Waals surface area contributed by atoms with Crippen LogP contribution in [0.3, 0.4) is 0 Å². The second-order valence-electron chi connectivity index (χ2n) is 5.27. The maximum Gasteiger partial charge on any atom is 0.139 e. The Hall–Kier alpha value is -1.95. The van der Waals surface area contributed by atoms with E-state index in [9.17, 15) is 0 Å². The molecular weight excluding hydrogens is 254 g/mol. The molecule has 0 aromatic heterocycles. The van der Waals surface area contributed by atoms with Gasteiger partial charge in [0.2, 0.25) is 0 Å². The molecule has 3 heterocycles. The Kier molecular flexibility index (Phi) is 3.17. The van der Waals surface area contributed by atoms with Crippen LogP contribution in [0.4, 0.5) is 0 Å². The molecule has 2 N–H and O–H groups in total. The lowest BCUT2D eigenvalue weighted by Crippen LogP contribution is -2.43. The van der Waals surface area contributed by atoms with Crippen LogP contribution in [0.15, 0.2) is 39.7 Å². The van der Waals surface area contributed by atoms with Crippen molar-refractivity contribution in [2.75, 3.05) is 26.9 Å². The molecule has 0 amide bonds. The summed E-state index contributed by atoms with van der Waals surface area (Å²) in [6.07, 6.45) is 4.90. The summed E-state index contributed by atoms with van der Waals surface area (Å²) in [5.41, 5.74) is 10.1. The first kappa shape index (κ1) is 13.1. The molecule has 0 aromatic rings. The minimum atomic E-state index is 0.670. The van der Waals surface area contributed by atoms with Gasteiger partial charge in [-0.1, -0.05) is 6.92 Å². The SMILES string of the molecule is CCCN1CC(C)=C(N)C2=C1N1CN(OC)C=C1C=N2. The van der Waals surface area contributed by atoms with Crippen molar-refractivity contribution in [1.82, 2.24) is 14.9 Å². The highest BCUT2D eigenvalue weighted by molar-refractivity contribution is 5.82. The molecule has 6 nitrogen and oxygen atoms in total. The van der Waals surface area contributed by atoms with Crippen molar-refractivity contribution in [3.63, 3.8) is 0 Å². The van der Waals surface area contributed by atoms with E-state index in [1.165, 1.54) is 5.57 Å². The summed E-state index contributed by atoms with van der Waals surface area (Å²) >= 11 is 0. The summed E-state index contributed by atoms with van der Waals surface area (Å²) in [7, 11) is 1.67. The summed E-state index contributed by atoms with van der Waals surface area (Å²) in [5, 5.41) is 1.79. The zero-order valence-corrected chi connectivity index (χ0v) is 12.3. The minimum absolute atomic E-state index is 0.670. The molecule has 20 heavy (non-hydrogen) atoms. The molecule has 0 spiro atoms. The average Bonchev–Trinajstić information content (AvgIpc) is 2.87. The van der Waals surface area contributed by atoms with Crippen molar-refractivity contribution < 1.29 is 4.84 Å². The van der Waals surface area contributed by atoms with E-state index in [4.69, 9.17) is 10.6 Å². The summed E-state index contributed by atoms with van der Waals surface area (Å²) < 4.78 is 0. The monoisotopic (exact) mass is 275 g/mol. The van der Waals surface area contributed by atoms with Crippen molar-refractivity contribution in [3.8, 4) is 0 Å². The molecule has 6 heteroatoms. The number of nitrogens with two attached hydrogens (primary N) is 1. The third kappa shape index (κ3) is 1.87. The average molecular weight is 275 g/mol. The van der Waals surface area contributed by atoms with Gasteiger partial charge in [-0.2, -0.15) is 0 Å². The van der Waals surface area contributed by atoms with E-state index >= 15 is 0 Å². The van der Waals surface area contributed by atoms with Gasteiger partial charge in [0.25, 0.3) is 0 Å². The van der Waals surface area contributed by atoms with Gasteiger partial charge in [-0.25, -0.2) is 10.1 Å². The van der Waals surface area contributed by atoms with Crippen LogP contribution in [-0.2, 0) is 4.84 Å². The van der Waals surface area contributed by atoms with Crippen molar-refractivity contribution in [2.24, 2.45) is 10.7 Å². The molecule has 0 bridgehead atoms. The Bertz CT molecular complexity index is 546. The molecule has 3 rings (SSSR count). The zero-order valence-electron chi connectivity index (χ0n) is 12.3. The number of hydrogen-bond donors (Lipinski definition) is 1. The van der Waals surface area contributed by atoms with Crippen LogP contribution in [0.5, 0.6) is 0 Å². The highest BCUT2D eigenvalue weighted by Gasteiger charge is 2.34. The molecule has 0 fully saturated rings. The van der Waals surface area contributed by atoms with E-state index in [0.29, 0.717) is 6.67 Å². The van der Waals surface area contributed by atoms with Crippen LogP contribution >= 0.6 is 0 Å². The molecule has 0 saturated carbocycles. The number of allylic oxidation sites excluding steroid dienone is 1. The second kappa shape index (κ2) is 4.86. The molecule has 3 aliphatic rings. The Morgan fingerprint density at radius 3 is 2.95 bits per heavy atom. The molecule has 0 saturated heterocycles. The first-order valence-corrected chi connectivity index (χ1v) is 6.94. The van der Waals surface area contributed by atoms with Crippen LogP contribution in [-0.4, -0.2) is 47.9 Å². The smallest absolute Gasteiger partial charge is 0.139 e. The number of aliphatic imine (C=N–C) groups is 1. The molecule has 0 radical (unpaired) electrons. The highest BCUT2D eigenvalue weighted by atomic mass is 16.7. The summed E-state index contributed by atoms with van der Waals surface area (Å²) in [5.74, 6) is 1.10. The van der Waals surface area contributed by atoms with Crippen LogP contribution in [0.2, 0.25) is 0 Å². The Labute approximate surface area is 119 Å². The fourth-order valence-corrected chi connectivity index (χ4v) is 2.81. The number of hydroxylamine groups is 2. The first-order valence-electron chi connectivity index (χ1n) is 6.94. The van der Waals surface area contributed by atoms with Crippen molar-refractivity contribution in [3.05, 3.63) is 34.7 Å². The molecule has 3 aliphatic heterocycles. The van der Waals surface area contributed by atoms with E-state index in [1.807, 2.05) is 12.4 Å². The van der Waals surface area contributed by atoms with E-state index in [2.05, 4.69) is 28.6 Å². The topological polar surface area (TPSA) is 57.3 Å². The largest absolute Gasteiger partial charge is 0.397 e. The maximum atomic E-state index is 6.23. The molecule has 0 atom stereocenters. The van der Waals surface area contributed by atoms with Gasteiger partial charge in [-0.05, 0) is 18.9 Å². The van der Waals surface area contributed by atoms with Crippen molar-refractivity contribution in [2.45, 2.75) is 20.3 Å². The van der Waals surface area contributed by atoms with E-state index < -0.39 is 0 Å². The van der Waals surface area contributed by atoms with E-state index in [0.717, 1.165) is 42.4 Å². The Morgan fingerprint density at radius 2 is 2.25 bits per heavy atom. The fraction of sp³-hybridized carbons (Fsp3) is 0.500. The fourth-order valence-electron chi connectivity index (χ4n) is 2.81. The Balaban J connectivity index is 2.02. The van der Waals surface area contributed by atoms with E-state index in [1.54, 1.807) is 12.2 Å². The minimum Gasteiger partial charge on any atom is -0.397 e. The third-order valence-corrected chi connectivity index (χ3v) is 3.83. The van der Waals surface area contributed by atoms with Crippen LogP contribution in [0.1, 0.15) is 20.3 Å². The zero-order chi connectivity index (χ0) is 14.3. The van der Waals surface area contributed by atoms with Crippen molar-refractivity contribution in [1.29, 1.82) is 0 Å². The van der Waals surface area contributed by atoms with Gasteiger partial charge in [0.15, 0.2) is 0 Å². The van der Waals surface area contributed by atoms with Crippen molar-refractivity contribution >= 4 is 6.21 Å². The van der Waals surface area contributed by atoms with Gasteiger partial charge < -0.3 is 15.5 Å². The summed E-state index contributed by atoms with van der Waals surface area (Å²) in [6.45, 7) is 6.80. The number of hydrogen-bond acceptors (Lipinski definition) is 6. The lowest BCUT2D eigenvalue weighted by Gasteiger charge is -2.40. The molecule has 108 valence electrons. The molecule has 0 aromatic carbocycles. The van der Waals surface area contributed by atoms with Crippen LogP contribution in [0, 0.1) is 0 Å². The van der Waals surface area contributed by atoms with Gasteiger partial charge in [-0.3, -0.25) is 4.84 Å². The summed E-state index contributed by atoms with van der Waals surface area (Å²) in [4.78, 5) is 14.4. The highest BCUT2D eigenvalue weighted by Crippen LogP contribution is 2.35. The lowest BCUT2D eigenvalue weighted by molar-refractivity contribution is -0.0971. The number of nitrogens with zero attached hydrogens (tertiary/aromatic N) is 4. The number of rotatable bonds is 3. The van der Waals surface area contributed by atoms with Crippen LogP contribution in [0.25, 0.3) is 0 Å². The van der Waals surface area contributed by atoms with Gasteiger partial charge in [-0.15, -0.1) is 0 Å². The quantitative estimate of drug-likeness (QED) is 0.838. The lowest BCUT2D eigenvalue weighted by atomic mass is 10.1. The number of fused-ring (bicyclic) bond motifs is 2. The van der Waals surface area contributed by atoms with Gasteiger partial charge in [0, 0.05) is 13.1 Å². The molecule has 0 unspecified atom stereocenters. The first-order chi connectivity index (χ1) is 9.65.